The van der Waals surface area contributed by atoms with Gasteiger partial charge in [0.1, 0.15) is 5.75 Å². The van der Waals surface area contributed by atoms with Gasteiger partial charge in [0.2, 0.25) is 0 Å². The Morgan fingerprint density at radius 3 is 1.94 bits per heavy atom. The van der Waals surface area contributed by atoms with Gasteiger partial charge in [-0.1, -0.05) is 78.1 Å². The van der Waals surface area contributed by atoms with Crippen molar-refractivity contribution in [1.82, 2.24) is 4.98 Å². The third-order valence-corrected chi connectivity index (χ3v) is 8.29. The Morgan fingerprint density at radius 1 is 0.742 bits per heavy atom. The number of aryl methyl sites for hydroxylation is 1. The summed E-state index contributed by atoms with van der Waals surface area (Å²) < 4.78 is 5.80. The van der Waals surface area contributed by atoms with E-state index in [4.69, 9.17) is 4.74 Å². The molecule has 176 valence electrons. The normalized spacial score (nSPS) is 26.6. The number of hydrogen-bond acceptors (Lipinski definition) is 2. The molecule has 0 atom stereocenters. The van der Waals surface area contributed by atoms with Gasteiger partial charge in [-0.05, 0) is 80.8 Å². The molecule has 3 rings (SSSR count). The van der Waals surface area contributed by atoms with E-state index < -0.39 is 0 Å². The maximum Gasteiger partial charge on any atom is 0.137 e. The molecule has 1 heterocycles. The molecule has 0 unspecified atom stereocenters. The van der Waals surface area contributed by atoms with Crippen molar-refractivity contribution >= 4 is 0 Å². The minimum absolute atomic E-state index is 0.818. The fraction of sp³-hybridized carbons (Fsp3) is 0.828. The van der Waals surface area contributed by atoms with E-state index in [1.807, 2.05) is 6.20 Å². The van der Waals surface area contributed by atoms with Gasteiger partial charge in [-0.3, -0.25) is 4.98 Å². The van der Waals surface area contributed by atoms with E-state index in [1.54, 1.807) is 0 Å². The molecule has 0 radical (unpaired) electrons. The van der Waals surface area contributed by atoms with Crippen molar-refractivity contribution in [3.63, 3.8) is 0 Å². The standard InChI is InChI=1S/C29H49NO/c1-3-5-7-9-24-10-15-26(16-11-24)27-17-12-25(13-18-27)14-19-28-20-21-29(23-30-28)31-22-8-6-4-2/h20-21,23-27H,3-19,22H2,1-2H3. The maximum atomic E-state index is 5.80. The molecule has 2 aliphatic rings. The second-order valence-corrected chi connectivity index (χ2v) is 10.6. The molecule has 0 aliphatic heterocycles. The van der Waals surface area contributed by atoms with Crippen LogP contribution in [0.15, 0.2) is 18.3 Å². The lowest BCUT2D eigenvalue weighted by Gasteiger charge is -2.38. The van der Waals surface area contributed by atoms with Gasteiger partial charge in [-0.25, -0.2) is 0 Å². The number of nitrogens with zero attached hydrogens (tertiary/aromatic N) is 1. The largest absolute Gasteiger partial charge is 0.492 e. The first-order valence-electron chi connectivity index (χ1n) is 13.9. The van der Waals surface area contributed by atoms with Gasteiger partial charge in [0.25, 0.3) is 0 Å². The first-order valence-corrected chi connectivity index (χ1v) is 13.9. The average molecular weight is 428 g/mol. The van der Waals surface area contributed by atoms with Gasteiger partial charge in [0.05, 0.1) is 12.8 Å². The van der Waals surface area contributed by atoms with Gasteiger partial charge >= 0.3 is 0 Å². The lowest BCUT2D eigenvalue weighted by atomic mass is 9.68. The summed E-state index contributed by atoms with van der Waals surface area (Å²) in [6, 6.07) is 4.30. The molecule has 0 spiro atoms. The quantitative estimate of drug-likeness (QED) is 0.293. The molecular formula is C29H49NO. The SMILES string of the molecule is CCCCCOc1ccc(CCC2CCC(C3CCC(CCCCC)CC3)CC2)nc1. The summed E-state index contributed by atoms with van der Waals surface area (Å²) in [6.45, 7) is 5.37. The summed E-state index contributed by atoms with van der Waals surface area (Å²) in [5.41, 5.74) is 1.24. The van der Waals surface area contributed by atoms with E-state index in [-0.39, 0.29) is 0 Å². The van der Waals surface area contributed by atoms with Gasteiger partial charge in [0.15, 0.2) is 0 Å². The molecule has 0 N–H and O–H groups in total. The number of ether oxygens (including phenoxy) is 1. The third kappa shape index (κ3) is 8.78. The summed E-state index contributed by atoms with van der Waals surface area (Å²) >= 11 is 0. The van der Waals surface area contributed by atoms with E-state index in [0.29, 0.717) is 0 Å². The Kier molecular flexibility index (Phi) is 11.2. The van der Waals surface area contributed by atoms with E-state index in [9.17, 15) is 0 Å². The molecule has 1 aromatic rings. The van der Waals surface area contributed by atoms with Crippen LogP contribution in [0.3, 0.4) is 0 Å². The zero-order chi connectivity index (χ0) is 21.7. The summed E-state index contributed by atoms with van der Waals surface area (Å²) in [5.74, 6) is 5.00. The molecule has 2 aliphatic carbocycles. The van der Waals surface area contributed by atoms with Crippen LogP contribution in [-0.4, -0.2) is 11.6 Å². The van der Waals surface area contributed by atoms with Crippen LogP contribution in [0.2, 0.25) is 0 Å². The van der Waals surface area contributed by atoms with Crippen LogP contribution in [0, 0.1) is 23.7 Å². The smallest absolute Gasteiger partial charge is 0.137 e. The topological polar surface area (TPSA) is 22.1 Å². The Labute approximate surface area is 193 Å². The average Bonchev–Trinajstić information content (AvgIpc) is 2.82. The minimum atomic E-state index is 0.818. The van der Waals surface area contributed by atoms with Crippen LogP contribution in [-0.2, 0) is 6.42 Å². The van der Waals surface area contributed by atoms with Crippen molar-refractivity contribution in [3.05, 3.63) is 24.0 Å². The Bertz CT molecular complexity index is 567. The summed E-state index contributed by atoms with van der Waals surface area (Å²) in [6.07, 6.45) is 25.8. The number of unbranched alkanes of at least 4 members (excludes halogenated alkanes) is 4. The van der Waals surface area contributed by atoms with Gasteiger partial charge < -0.3 is 4.74 Å². The van der Waals surface area contributed by atoms with Gasteiger partial charge in [-0.15, -0.1) is 0 Å². The number of aromatic nitrogens is 1. The molecule has 2 fully saturated rings. The van der Waals surface area contributed by atoms with Crippen molar-refractivity contribution < 1.29 is 4.74 Å². The Hall–Kier alpha value is -1.05. The highest BCUT2D eigenvalue weighted by Crippen LogP contribution is 2.43. The van der Waals surface area contributed by atoms with E-state index >= 15 is 0 Å². The van der Waals surface area contributed by atoms with Crippen molar-refractivity contribution in [1.29, 1.82) is 0 Å². The van der Waals surface area contributed by atoms with Crippen LogP contribution >= 0.6 is 0 Å². The van der Waals surface area contributed by atoms with Gasteiger partial charge in [0, 0.05) is 5.69 Å². The lowest BCUT2D eigenvalue weighted by Crippen LogP contribution is -2.26. The molecule has 0 bridgehead atoms. The highest BCUT2D eigenvalue weighted by molar-refractivity contribution is 5.19. The fourth-order valence-corrected chi connectivity index (χ4v) is 6.12. The molecule has 2 nitrogen and oxygen atoms in total. The highest BCUT2D eigenvalue weighted by atomic mass is 16.5. The Balaban J connectivity index is 1.28. The zero-order valence-electron chi connectivity index (χ0n) is 20.6. The van der Waals surface area contributed by atoms with Crippen LogP contribution in [0.25, 0.3) is 0 Å². The minimum Gasteiger partial charge on any atom is -0.492 e. The van der Waals surface area contributed by atoms with Crippen molar-refractivity contribution in [2.24, 2.45) is 23.7 Å². The molecular weight excluding hydrogens is 378 g/mol. The molecule has 31 heavy (non-hydrogen) atoms. The first-order chi connectivity index (χ1) is 15.3. The second-order valence-electron chi connectivity index (χ2n) is 10.6. The first kappa shape index (κ1) is 24.6. The van der Waals surface area contributed by atoms with Crippen LogP contribution < -0.4 is 4.74 Å². The summed E-state index contributed by atoms with van der Waals surface area (Å²) in [7, 11) is 0. The van der Waals surface area contributed by atoms with E-state index in [2.05, 4.69) is 31.0 Å². The van der Waals surface area contributed by atoms with Crippen molar-refractivity contribution in [3.8, 4) is 5.75 Å². The summed E-state index contributed by atoms with van der Waals surface area (Å²) in [5, 5.41) is 0. The maximum absolute atomic E-state index is 5.80. The monoisotopic (exact) mass is 427 g/mol. The fourth-order valence-electron chi connectivity index (χ4n) is 6.12. The molecule has 0 saturated heterocycles. The molecule has 2 saturated carbocycles. The predicted octanol–water partition coefficient (Wildman–Crippen LogP) is 8.78. The van der Waals surface area contributed by atoms with E-state index in [1.165, 1.54) is 102 Å². The zero-order valence-corrected chi connectivity index (χ0v) is 20.6. The Morgan fingerprint density at radius 2 is 1.35 bits per heavy atom. The number of hydrogen-bond donors (Lipinski definition) is 0. The summed E-state index contributed by atoms with van der Waals surface area (Å²) in [4.78, 5) is 4.66. The van der Waals surface area contributed by atoms with Crippen molar-refractivity contribution in [2.75, 3.05) is 6.61 Å². The molecule has 1 aromatic heterocycles. The van der Waals surface area contributed by atoms with Gasteiger partial charge in [-0.2, -0.15) is 0 Å². The molecule has 2 heteroatoms. The highest BCUT2D eigenvalue weighted by Gasteiger charge is 2.30. The molecule has 0 amide bonds. The number of pyridine rings is 1. The lowest BCUT2D eigenvalue weighted by molar-refractivity contribution is 0.140. The second kappa shape index (κ2) is 14.2. The molecule has 0 aromatic carbocycles. The third-order valence-electron chi connectivity index (χ3n) is 8.29. The van der Waals surface area contributed by atoms with Crippen LogP contribution in [0.4, 0.5) is 0 Å². The number of rotatable bonds is 13. The van der Waals surface area contributed by atoms with Crippen LogP contribution in [0.5, 0.6) is 5.75 Å². The van der Waals surface area contributed by atoms with Crippen molar-refractivity contribution in [2.45, 2.75) is 123 Å². The van der Waals surface area contributed by atoms with Crippen LogP contribution in [0.1, 0.15) is 122 Å². The van der Waals surface area contributed by atoms with E-state index in [0.717, 1.165) is 48.9 Å². The predicted molar refractivity (Wildman–Crippen MR) is 133 cm³/mol.